The number of carboxylic acid groups (broad SMARTS) is 1. The van der Waals surface area contributed by atoms with Crippen molar-refractivity contribution < 1.29 is 28.2 Å². The SMILES string of the molecule is COc1cccc(C(C(=O)O)N2CCOC(C)(C(F)F)C2)c1. The lowest BCUT2D eigenvalue weighted by Gasteiger charge is -2.42. The van der Waals surface area contributed by atoms with Gasteiger partial charge in [0.05, 0.1) is 13.7 Å². The lowest BCUT2D eigenvalue weighted by atomic mass is 9.99. The van der Waals surface area contributed by atoms with Gasteiger partial charge in [-0.3, -0.25) is 9.69 Å². The Hall–Kier alpha value is -1.73. The van der Waals surface area contributed by atoms with E-state index in [-0.39, 0.29) is 19.7 Å². The van der Waals surface area contributed by atoms with Gasteiger partial charge in [0.2, 0.25) is 0 Å². The first-order valence-corrected chi connectivity index (χ1v) is 6.90. The van der Waals surface area contributed by atoms with E-state index in [0.29, 0.717) is 11.3 Å². The Morgan fingerprint density at radius 3 is 2.82 bits per heavy atom. The molecule has 2 atom stereocenters. The van der Waals surface area contributed by atoms with E-state index in [1.807, 2.05) is 0 Å². The molecule has 1 aliphatic heterocycles. The molecule has 2 rings (SSSR count). The van der Waals surface area contributed by atoms with Crippen molar-refractivity contribution in [2.45, 2.75) is 25.0 Å². The molecule has 1 aromatic rings. The summed E-state index contributed by atoms with van der Waals surface area (Å²) in [6, 6.07) is 5.61. The fraction of sp³-hybridized carbons (Fsp3) is 0.533. The standard InChI is InChI=1S/C15H19F2NO4/c1-15(14(16)17)9-18(6-7-22-15)12(13(19)20)10-4-3-5-11(8-10)21-2/h3-5,8,12,14H,6-7,9H2,1-2H3,(H,19,20). The molecule has 1 N–H and O–H groups in total. The summed E-state index contributed by atoms with van der Waals surface area (Å²) >= 11 is 0. The Morgan fingerprint density at radius 1 is 1.50 bits per heavy atom. The van der Waals surface area contributed by atoms with Crippen LogP contribution in [0, 0.1) is 0 Å². The minimum Gasteiger partial charge on any atom is -0.497 e. The largest absolute Gasteiger partial charge is 0.497 e. The number of alkyl halides is 2. The van der Waals surface area contributed by atoms with E-state index < -0.39 is 24.0 Å². The second-order valence-electron chi connectivity index (χ2n) is 5.45. The van der Waals surface area contributed by atoms with Gasteiger partial charge in [0.25, 0.3) is 6.43 Å². The Kier molecular flexibility index (Phi) is 4.97. The molecule has 1 fully saturated rings. The summed E-state index contributed by atoms with van der Waals surface area (Å²) in [4.78, 5) is 13.2. The topological polar surface area (TPSA) is 59.0 Å². The molecule has 0 radical (unpaired) electrons. The molecule has 0 aliphatic carbocycles. The maximum Gasteiger partial charge on any atom is 0.325 e. The van der Waals surface area contributed by atoms with Crippen LogP contribution in [0.3, 0.4) is 0 Å². The molecule has 0 aromatic heterocycles. The van der Waals surface area contributed by atoms with Crippen LogP contribution in [-0.4, -0.2) is 54.8 Å². The van der Waals surface area contributed by atoms with Crippen LogP contribution in [0.4, 0.5) is 8.78 Å². The van der Waals surface area contributed by atoms with Crippen LogP contribution in [0.2, 0.25) is 0 Å². The quantitative estimate of drug-likeness (QED) is 0.902. The van der Waals surface area contributed by atoms with Gasteiger partial charge in [0.1, 0.15) is 17.4 Å². The Bertz CT molecular complexity index is 540. The monoisotopic (exact) mass is 315 g/mol. The summed E-state index contributed by atoms with van der Waals surface area (Å²) < 4.78 is 36.5. The molecule has 22 heavy (non-hydrogen) atoms. The maximum absolute atomic E-state index is 13.1. The molecule has 1 aliphatic rings. The molecule has 0 saturated carbocycles. The molecule has 1 heterocycles. The number of methoxy groups -OCH3 is 1. The van der Waals surface area contributed by atoms with Crippen molar-refractivity contribution in [2.75, 3.05) is 26.8 Å². The predicted octanol–water partition coefficient (Wildman–Crippen LogP) is 2.18. The van der Waals surface area contributed by atoms with Crippen molar-refractivity contribution in [3.63, 3.8) is 0 Å². The van der Waals surface area contributed by atoms with Crippen molar-refractivity contribution in [3.05, 3.63) is 29.8 Å². The lowest BCUT2D eigenvalue weighted by Crippen LogP contribution is -2.55. The molecule has 1 saturated heterocycles. The summed E-state index contributed by atoms with van der Waals surface area (Å²) in [5.41, 5.74) is -1.17. The second-order valence-corrected chi connectivity index (χ2v) is 5.45. The Morgan fingerprint density at radius 2 is 2.23 bits per heavy atom. The first-order valence-electron chi connectivity index (χ1n) is 6.90. The van der Waals surface area contributed by atoms with Gasteiger partial charge in [0.15, 0.2) is 0 Å². The summed E-state index contributed by atoms with van der Waals surface area (Å²) in [6.45, 7) is 1.48. The van der Waals surface area contributed by atoms with E-state index >= 15 is 0 Å². The number of carbonyl (C=O) groups is 1. The number of hydrogen-bond acceptors (Lipinski definition) is 4. The van der Waals surface area contributed by atoms with Crippen molar-refractivity contribution in [2.24, 2.45) is 0 Å². The van der Waals surface area contributed by atoms with Crippen LogP contribution in [-0.2, 0) is 9.53 Å². The molecular formula is C15H19F2NO4. The normalized spacial score (nSPS) is 24.2. The number of nitrogens with zero attached hydrogens (tertiary/aromatic N) is 1. The molecule has 5 nitrogen and oxygen atoms in total. The molecule has 0 amide bonds. The third kappa shape index (κ3) is 3.36. The van der Waals surface area contributed by atoms with Gasteiger partial charge in [0, 0.05) is 13.1 Å². The number of aliphatic carboxylic acids is 1. The number of ether oxygens (including phenoxy) is 2. The zero-order chi connectivity index (χ0) is 16.3. The van der Waals surface area contributed by atoms with Gasteiger partial charge < -0.3 is 14.6 Å². The first kappa shape index (κ1) is 16.6. The van der Waals surface area contributed by atoms with Gasteiger partial charge in [-0.1, -0.05) is 12.1 Å². The van der Waals surface area contributed by atoms with E-state index in [1.54, 1.807) is 24.3 Å². The first-order chi connectivity index (χ1) is 10.4. The van der Waals surface area contributed by atoms with Crippen molar-refractivity contribution in [1.82, 2.24) is 4.90 Å². The fourth-order valence-corrected chi connectivity index (χ4v) is 2.60. The highest BCUT2D eigenvalue weighted by atomic mass is 19.3. The number of hydrogen-bond donors (Lipinski definition) is 1. The van der Waals surface area contributed by atoms with E-state index in [0.717, 1.165) is 0 Å². The fourth-order valence-electron chi connectivity index (χ4n) is 2.60. The number of halogens is 2. The maximum atomic E-state index is 13.1. The number of carboxylic acids is 1. The van der Waals surface area contributed by atoms with Crippen LogP contribution in [0.5, 0.6) is 5.75 Å². The average molecular weight is 315 g/mol. The predicted molar refractivity (Wildman–Crippen MR) is 75.3 cm³/mol. The summed E-state index contributed by atoms with van der Waals surface area (Å²) in [5.74, 6) is -0.569. The van der Waals surface area contributed by atoms with E-state index in [1.165, 1.54) is 18.9 Å². The molecular weight excluding hydrogens is 296 g/mol. The number of morpholine rings is 1. The van der Waals surface area contributed by atoms with Gasteiger partial charge in [-0.2, -0.15) is 0 Å². The van der Waals surface area contributed by atoms with Crippen LogP contribution in [0.1, 0.15) is 18.5 Å². The van der Waals surface area contributed by atoms with Crippen LogP contribution in [0.15, 0.2) is 24.3 Å². The van der Waals surface area contributed by atoms with Crippen molar-refractivity contribution in [1.29, 1.82) is 0 Å². The van der Waals surface area contributed by atoms with Crippen LogP contribution < -0.4 is 4.74 Å². The van der Waals surface area contributed by atoms with Crippen LogP contribution >= 0.6 is 0 Å². The third-order valence-electron chi connectivity index (χ3n) is 3.80. The molecule has 7 heteroatoms. The van der Waals surface area contributed by atoms with Gasteiger partial charge in [-0.05, 0) is 24.6 Å². The van der Waals surface area contributed by atoms with Gasteiger partial charge >= 0.3 is 5.97 Å². The molecule has 1 aromatic carbocycles. The molecule has 0 spiro atoms. The Labute approximate surface area is 127 Å². The smallest absolute Gasteiger partial charge is 0.325 e. The van der Waals surface area contributed by atoms with Gasteiger partial charge in [-0.25, -0.2) is 8.78 Å². The summed E-state index contributed by atoms with van der Waals surface area (Å²) in [5, 5.41) is 9.54. The van der Waals surface area contributed by atoms with Crippen molar-refractivity contribution in [3.8, 4) is 5.75 Å². The third-order valence-corrected chi connectivity index (χ3v) is 3.80. The summed E-state index contributed by atoms with van der Waals surface area (Å²) in [7, 11) is 1.48. The highest BCUT2D eigenvalue weighted by molar-refractivity contribution is 5.75. The minimum absolute atomic E-state index is 0.0641. The van der Waals surface area contributed by atoms with E-state index in [4.69, 9.17) is 9.47 Å². The second kappa shape index (κ2) is 6.58. The highest BCUT2D eigenvalue weighted by Gasteiger charge is 2.44. The van der Waals surface area contributed by atoms with Crippen molar-refractivity contribution >= 4 is 5.97 Å². The van der Waals surface area contributed by atoms with Crippen LogP contribution in [0.25, 0.3) is 0 Å². The van der Waals surface area contributed by atoms with Gasteiger partial charge in [-0.15, -0.1) is 0 Å². The Balaban J connectivity index is 2.29. The zero-order valence-corrected chi connectivity index (χ0v) is 12.5. The molecule has 122 valence electrons. The number of benzene rings is 1. The number of rotatable bonds is 5. The van der Waals surface area contributed by atoms with E-state index in [9.17, 15) is 18.7 Å². The average Bonchev–Trinajstić information content (AvgIpc) is 2.47. The zero-order valence-electron chi connectivity index (χ0n) is 12.5. The highest BCUT2D eigenvalue weighted by Crippen LogP contribution is 2.31. The molecule has 0 bridgehead atoms. The summed E-state index contributed by atoms with van der Waals surface area (Å²) in [6.07, 6.45) is -2.69. The minimum atomic E-state index is -2.69. The van der Waals surface area contributed by atoms with E-state index in [2.05, 4.69) is 0 Å². The molecule has 2 unspecified atom stereocenters. The lowest BCUT2D eigenvalue weighted by molar-refractivity contribution is -0.182.